The van der Waals surface area contributed by atoms with Gasteiger partial charge in [-0.1, -0.05) is 0 Å². The van der Waals surface area contributed by atoms with Crippen molar-refractivity contribution in [3.05, 3.63) is 74.6 Å². The van der Waals surface area contributed by atoms with Gasteiger partial charge in [0.2, 0.25) is 0 Å². The largest absolute Gasteiger partial charge is 0.348 e. The molecule has 0 atom stereocenters. The minimum absolute atomic E-state index is 0.115. The Hall–Kier alpha value is -3.02. The van der Waals surface area contributed by atoms with E-state index in [1.165, 1.54) is 18.2 Å². The van der Waals surface area contributed by atoms with Crippen LogP contribution in [0.2, 0.25) is 0 Å². The Balaban J connectivity index is 1.92. The summed E-state index contributed by atoms with van der Waals surface area (Å²) in [5.41, 5.74) is 3.34. The smallest absolute Gasteiger partial charge is 0.253 e. The van der Waals surface area contributed by atoms with E-state index in [4.69, 9.17) is 0 Å². The Labute approximate surface area is 143 Å². The van der Waals surface area contributed by atoms with Gasteiger partial charge in [-0.05, 0) is 50.6 Å². The first-order valence-corrected chi connectivity index (χ1v) is 7.89. The maximum Gasteiger partial charge on any atom is 0.253 e. The van der Waals surface area contributed by atoms with Crippen molar-refractivity contribution in [3.63, 3.8) is 0 Å². The molecular formula is C19H18FN3O2. The number of aromatic amines is 1. The molecule has 25 heavy (non-hydrogen) atoms. The van der Waals surface area contributed by atoms with E-state index in [0.717, 1.165) is 11.3 Å². The van der Waals surface area contributed by atoms with Crippen LogP contribution in [0, 0.1) is 26.6 Å². The number of benzene rings is 1. The molecule has 0 spiro atoms. The number of aromatic nitrogens is 2. The van der Waals surface area contributed by atoms with E-state index in [-0.39, 0.29) is 18.0 Å². The van der Waals surface area contributed by atoms with Crippen LogP contribution in [0.1, 0.15) is 32.9 Å². The number of fused-ring (bicyclic) bond motifs is 1. The van der Waals surface area contributed by atoms with Gasteiger partial charge < -0.3 is 10.3 Å². The standard InChI is InChI=1S/C19H18FN3O2/c1-10-6-11(2)23-19(25)16(10)9-21-18(24)15-7-12(3)22-17-8-13(20)4-5-14(15)17/h4-8H,9H2,1-3H3,(H,21,24)(H,23,25). The zero-order valence-electron chi connectivity index (χ0n) is 14.2. The number of carbonyl (C=O) groups is 1. The predicted molar refractivity (Wildman–Crippen MR) is 94.1 cm³/mol. The Kier molecular flexibility index (Phi) is 4.35. The lowest BCUT2D eigenvalue weighted by molar-refractivity contribution is 0.0952. The van der Waals surface area contributed by atoms with Crippen LogP contribution in [0.4, 0.5) is 4.39 Å². The summed E-state index contributed by atoms with van der Waals surface area (Å²) in [6, 6.07) is 7.65. The Bertz CT molecular complexity index is 1040. The summed E-state index contributed by atoms with van der Waals surface area (Å²) in [6.07, 6.45) is 0. The topological polar surface area (TPSA) is 74.8 Å². The number of nitrogens with one attached hydrogen (secondary N) is 2. The summed E-state index contributed by atoms with van der Waals surface area (Å²) >= 11 is 0. The molecule has 1 amide bonds. The van der Waals surface area contributed by atoms with Gasteiger partial charge in [-0.2, -0.15) is 0 Å². The number of aryl methyl sites for hydroxylation is 3. The highest BCUT2D eigenvalue weighted by Gasteiger charge is 2.14. The number of nitrogens with zero attached hydrogens (tertiary/aromatic N) is 1. The summed E-state index contributed by atoms with van der Waals surface area (Å²) in [5.74, 6) is -0.736. The van der Waals surface area contributed by atoms with E-state index in [1.807, 2.05) is 19.9 Å². The second-order valence-corrected chi connectivity index (χ2v) is 6.10. The van der Waals surface area contributed by atoms with Gasteiger partial charge in [0.15, 0.2) is 0 Å². The van der Waals surface area contributed by atoms with Crippen LogP contribution in [0.3, 0.4) is 0 Å². The van der Waals surface area contributed by atoms with Gasteiger partial charge >= 0.3 is 0 Å². The molecule has 0 unspecified atom stereocenters. The molecule has 3 aromatic rings. The van der Waals surface area contributed by atoms with Crippen molar-refractivity contribution >= 4 is 16.8 Å². The molecule has 5 nitrogen and oxygen atoms in total. The molecule has 0 radical (unpaired) electrons. The molecular weight excluding hydrogens is 321 g/mol. The zero-order chi connectivity index (χ0) is 18.1. The second kappa shape index (κ2) is 6.47. The summed E-state index contributed by atoms with van der Waals surface area (Å²) in [6.45, 7) is 5.50. The minimum atomic E-state index is -0.404. The molecule has 0 fully saturated rings. The van der Waals surface area contributed by atoms with Crippen molar-refractivity contribution in [1.82, 2.24) is 15.3 Å². The quantitative estimate of drug-likeness (QED) is 0.770. The van der Waals surface area contributed by atoms with Gasteiger partial charge in [-0.25, -0.2) is 4.39 Å². The van der Waals surface area contributed by atoms with Gasteiger partial charge in [0.25, 0.3) is 11.5 Å². The van der Waals surface area contributed by atoms with E-state index < -0.39 is 5.82 Å². The number of amides is 1. The average Bonchev–Trinajstić information content (AvgIpc) is 2.52. The first kappa shape index (κ1) is 16.8. The minimum Gasteiger partial charge on any atom is -0.348 e. The SMILES string of the molecule is Cc1cc(C(=O)NCc2c(C)cc(C)[nH]c2=O)c2ccc(F)cc2n1. The first-order chi connectivity index (χ1) is 11.8. The fraction of sp³-hybridized carbons (Fsp3) is 0.211. The summed E-state index contributed by atoms with van der Waals surface area (Å²) in [7, 11) is 0. The molecule has 2 heterocycles. The van der Waals surface area contributed by atoms with Gasteiger partial charge in [-0.3, -0.25) is 14.6 Å². The normalized spacial score (nSPS) is 10.9. The molecule has 0 aliphatic heterocycles. The molecule has 0 bridgehead atoms. The maximum absolute atomic E-state index is 13.4. The molecule has 1 aromatic carbocycles. The Morgan fingerprint density at radius 2 is 1.96 bits per heavy atom. The van der Waals surface area contributed by atoms with Gasteiger partial charge in [0.1, 0.15) is 5.82 Å². The van der Waals surface area contributed by atoms with Crippen molar-refractivity contribution in [1.29, 1.82) is 0 Å². The number of rotatable bonds is 3. The zero-order valence-corrected chi connectivity index (χ0v) is 14.2. The second-order valence-electron chi connectivity index (χ2n) is 6.10. The third-order valence-corrected chi connectivity index (χ3v) is 4.06. The third kappa shape index (κ3) is 3.42. The number of hydrogen-bond acceptors (Lipinski definition) is 3. The van der Waals surface area contributed by atoms with Crippen LogP contribution in [0.5, 0.6) is 0 Å². The van der Waals surface area contributed by atoms with E-state index in [0.29, 0.717) is 27.7 Å². The highest BCUT2D eigenvalue weighted by atomic mass is 19.1. The Morgan fingerprint density at radius 1 is 1.20 bits per heavy atom. The van der Waals surface area contributed by atoms with Crippen LogP contribution in [0.25, 0.3) is 10.9 Å². The monoisotopic (exact) mass is 339 g/mol. The van der Waals surface area contributed by atoms with Crippen LogP contribution in [-0.4, -0.2) is 15.9 Å². The van der Waals surface area contributed by atoms with Crippen molar-refractivity contribution in [2.45, 2.75) is 27.3 Å². The molecule has 0 saturated heterocycles. The lowest BCUT2D eigenvalue weighted by Crippen LogP contribution is -2.28. The molecule has 6 heteroatoms. The van der Waals surface area contributed by atoms with Crippen LogP contribution >= 0.6 is 0 Å². The molecule has 0 saturated carbocycles. The average molecular weight is 339 g/mol. The fourth-order valence-corrected chi connectivity index (χ4v) is 2.89. The number of hydrogen-bond donors (Lipinski definition) is 2. The number of carbonyl (C=O) groups excluding carboxylic acids is 1. The first-order valence-electron chi connectivity index (χ1n) is 7.89. The number of halogens is 1. The van der Waals surface area contributed by atoms with E-state index in [2.05, 4.69) is 15.3 Å². The Morgan fingerprint density at radius 3 is 2.68 bits per heavy atom. The molecule has 0 aliphatic carbocycles. The van der Waals surface area contributed by atoms with Crippen LogP contribution in [-0.2, 0) is 6.54 Å². The highest BCUT2D eigenvalue weighted by Crippen LogP contribution is 2.19. The molecule has 2 N–H and O–H groups in total. The number of pyridine rings is 2. The molecule has 2 aromatic heterocycles. The fourth-order valence-electron chi connectivity index (χ4n) is 2.89. The van der Waals surface area contributed by atoms with Crippen molar-refractivity contribution < 1.29 is 9.18 Å². The van der Waals surface area contributed by atoms with Crippen LogP contribution < -0.4 is 10.9 Å². The summed E-state index contributed by atoms with van der Waals surface area (Å²) in [4.78, 5) is 31.7. The summed E-state index contributed by atoms with van der Waals surface area (Å²) < 4.78 is 13.4. The maximum atomic E-state index is 13.4. The highest BCUT2D eigenvalue weighted by molar-refractivity contribution is 6.06. The van der Waals surface area contributed by atoms with Crippen LogP contribution in [0.15, 0.2) is 35.1 Å². The van der Waals surface area contributed by atoms with E-state index in [1.54, 1.807) is 13.0 Å². The molecule has 0 aliphatic rings. The predicted octanol–water partition coefficient (Wildman–Crippen LogP) is 2.92. The van der Waals surface area contributed by atoms with Crippen molar-refractivity contribution in [2.24, 2.45) is 0 Å². The third-order valence-electron chi connectivity index (χ3n) is 4.06. The van der Waals surface area contributed by atoms with Gasteiger partial charge in [0.05, 0.1) is 11.1 Å². The number of H-pyrrole nitrogens is 1. The lowest BCUT2D eigenvalue weighted by Gasteiger charge is -2.10. The van der Waals surface area contributed by atoms with Crippen molar-refractivity contribution in [3.8, 4) is 0 Å². The van der Waals surface area contributed by atoms with Gasteiger partial charge in [-0.15, -0.1) is 0 Å². The lowest BCUT2D eigenvalue weighted by atomic mass is 10.1. The van der Waals surface area contributed by atoms with Crippen molar-refractivity contribution in [2.75, 3.05) is 0 Å². The van der Waals surface area contributed by atoms with Gasteiger partial charge in [0, 0.05) is 34.9 Å². The van der Waals surface area contributed by atoms with E-state index >= 15 is 0 Å². The van der Waals surface area contributed by atoms with E-state index in [9.17, 15) is 14.0 Å². The molecule has 3 rings (SSSR count). The molecule has 128 valence electrons. The summed E-state index contributed by atoms with van der Waals surface area (Å²) in [5, 5.41) is 3.34.